The first-order valence-corrected chi connectivity index (χ1v) is 5.01. The van der Waals surface area contributed by atoms with Crippen molar-refractivity contribution >= 4 is 22.4 Å². The van der Waals surface area contributed by atoms with E-state index in [2.05, 4.69) is 4.98 Å². The van der Waals surface area contributed by atoms with Crippen LogP contribution in [0.1, 0.15) is 5.56 Å². The summed E-state index contributed by atoms with van der Waals surface area (Å²) in [6.45, 7) is 0. The molecular weight excluding hydrogens is 255 g/mol. The number of hydrogen-bond acceptors (Lipinski definition) is 2. The van der Waals surface area contributed by atoms with Crippen LogP contribution in [0.4, 0.5) is 13.2 Å². The molecule has 0 spiro atoms. The van der Waals surface area contributed by atoms with E-state index < -0.39 is 11.7 Å². The van der Waals surface area contributed by atoms with Crippen LogP contribution < -0.4 is 4.74 Å². The Bertz CT molecular complexity index is 568. The van der Waals surface area contributed by atoms with Crippen molar-refractivity contribution in [2.24, 2.45) is 0 Å². The van der Waals surface area contributed by atoms with E-state index in [0.29, 0.717) is 0 Å². The fourth-order valence-electron chi connectivity index (χ4n) is 1.62. The second kappa shape index (κ2) is 4.07. The Kier molecular flexibility index (Phi) is 2.87. The topological polar surface area (TPSA) is 22.1 Å². The molecule has 0 amide bonds. The van der Waals surface area contributed by atoms with E-state index in [1.165, 1.54) is 25.3 Å². The average Bonchev–Trinajstić information content (AvgIpc) is 2.27. The van der Waals surface area contributed by atoms with E-state index in [-0.39, 0.29) is 21.7 Å². The average molecular weight is 262 g/mol. The number of alkyl halides is 3. The molecule has 2 aromatic rings. The Morgan fingerprint density at radius 2 is 2.00 bits per heavy atom. The van der Waals surface area contributed by atoms with Crippen LogP contribution in [0.15, 0.2) is 24.4 Å². The second-order valence-corrected chi connectivity index (χ2v) is 3.70. The molecule has 0 aliphatic rings. The third-order valence-corrected chi connectivity index (χ3v) is 2.64. The fourth-order valence-corrected chi connectivity index (χ4v) is 1.86. The predicted molar refractivity (Wildman–Crippen MR) is 58.3 cm³/mol. The Labute approximate surface area is 100.0 Å². The van der Waals surface area contributed by atoms with Crippen molar-refractivity contribution in [1.29, 1.82) is 0 Å². The predicted octanol–water partition coefficient (Wildman–Crippen LogP) is 3.92. The van der Waals surface area contributed by atoms with E-state index in [0.717, 1.165) is 6.20 Å². The molecule has 0 aliphatic heterocycles. The molecule has 0 saturated heterocycles. The molecule has 17 heavy (non-hydrogen) atoms. The lowest BCUT2D eigenvalue weighted by Crippen LogP contribution is -2.07. The van der Waals surface area contributed by atoms with Crippen LogP contribution in [-0.2, 0) is 6.18 Å². The van der Waals surface area contributed by atoms with Crippen LogP contribution in [0.5, 0.6) is 5.75 Å². The molecule has 0 aliphatic carbocycles. The quantitative estimate of drug-likeness (QED) is 0.726. The van der Waals surface area contributed by atoms with Crippen molar-refractivity contribution in [3.63, 3.8) is 0 Å². The van der Waals surface area contributed by atoms with Gasteiger partial charge in [-0.05, 0) is 6.07 Å². The van der Waals surface area contributed by atoms with Gasteiger partial charge in [0, 0.05) is 11.6 Å². The first-order chi connectivity index (χ1) is 7.95. The molecule has 0 radical (unpaired) electrons. The molecule has 0 unspecified atom stereocenters. The Balaban J connectivity index is 2.88. The molecule has 90 valence electrons. The van der Waals surface area contributed by atoms with Crippen LogP contribution in [0.3, 0.4) is 0 Å². The number of fused-ring (bicyclic) bond motifs is 1. The normalized spacial score (nSPS) is 11.8. The van der Waals surface area contributed by atoms with Gasteiger partial charge < -0.3 is 4.74 Å². The smallest absolute Gasteiger partial charge is 0.418 e. The van der Waals surface area contributed by atoms with E-state index in [1.54, 1.807) is 0 Å². The number of ether oxygens (including phenoxy) is 1. The van der Waals surface area contributed by atoms with Gasteiger partial charge in [0.2, 0.25) is 0 Å². The number of pyridine rings is 1. The number of aromatic nitrogens is 1. The third kappa shape index (κ3) is 2.02. The van der Waals surface area contributed by atoms with Crippen LogP contribution in [0, 0.1) is 0 Å². The number of rotatable bonds is 1. The Hall–Kier alpha value is -1.49. The number of halogens is 4. The number of methoxy groups -OCH3 is 1. The van der Waals surface area contributed by atoms with Gasteiger partial charge in [0.15, 0.2) is 0 Å². The maximum absolute atomic E-state index is 12.8. The van der Waals surface area contributed by atoms with Crippen LogP contribution in [0.2, 0.25) is 5.15 Å². The highest BCUT2D eigenvalue weighted by atomic mass is 35.5. The van der Waals surface area contributed by atoms with Gasteiger partial charge in [-0.25, -0.2) is 4.98 Å². The van der Waals surface area contributed by atoms with Gasteiger partial charge in [-0.3, -0.25) is 0 Å². The van der Waals surface area contributed by atoms with Crippen LogP contribution in [-0.4, -0.2) is 12.1 Å². The summed E-state index contributed by atoms with van der Waals surface area (Å²) >= 11 is 5.80. The summed E-state index contributed by atoms with van der Waals surface area (Å²) in [5.74, 6) is 0.270. The SMILES string of the molecule is COc1cccc2c(C(F)(F)F)cnc(Cl)c12. The summed E-state index contributed by atoms with van der Waals surface area (Å²) in [7, 11) is 1.37. The van der Waals surface area contributed by atoms with E-state index in [1.807, 2.05) is 0 Å². The van der Waals surface area contributed by atoms with Gasteiger partial charge in [0.05, 0.1) is 18.1 Å². The minimum atomic E-state index is -4.47. The highest BCUT2D eigenvalue weighted by molar-refractivity contribution is 6.35. The molecule has 0 N–H and O–H groups in total. The highest BCUT2D eigenvalue weighted by Crippen LogP contribution is 2.39. The molecule has 1 aromatic heterocycles. The lowest BCUT2D eigenvalue weighted by molar-refractivity contribution is -0.136. The molecular formula is C11H7ClF3NO. The van der Waals surface area contributed by atoms with Crippen molar-refractivity contribution in [2.75, 3.05) is 7.11 Å². The maximum Gasteiger partial charge on any atom is 0.418 e. The maximum atomic E-state index is 12.8. The summed E-state index contributed by atoms with van der Waals surface area (Å²) in [5.41, 5.74) is -0.823. The van der Waals surface area contributed by atoms with Gasteiger partial charge in [-0.1, -0.05) is 23.7 Å². The van der Waals surface area contributed by atoms with Crippen LogP contribution >= 0.6 is 11.6 Å². The zero-order valence-electron chi connectivity index (χ0n) is 8.68. The largest absolute Gasteiger partial charge is 0.496 e. The van der Waals surface area contributed by atoms with Gasteiger partial charge >= 0.3 is 6.18 Å². The van der Waals surface area contributed by atoms with Crippen molar-refractivity contribution in [2.45, 2.75) is 6.18 Å². The molecule has 0 fully saturated rings. The first-order valence-electron chi connectivity index (χ1n) is 4.63. The van der Waals surface area contributed by atoms with Crippen LogP contribution in [0.25, 0.3) is 10.8 Å². The summed E-state index contributed by atoms with van der Waals surface area (Å²) in [6.07, 6.45) is -3.74. The van der Waals surface area contributed by atoms with E-state index >= 15 is 0 Å². The fraction of sp³-hybridized carbons (Fsp3) is 0.182. The summed E-state index contributed by atoms with van der Waals surface area (Å²) in [5, 5.41) is 0.147. The summed E-state index contributed by atoms with van der Waals surface area (Å²) in [4.78, 5) is 3.55. The highest BCUT2D eigenvalue weighted by Gasteiger charge is 2.33. The molecule has 1 heterocycles. The van der Waals surface area contributed by atoms with Crippen molar-refractivity contribution < 1.29 is 17.9 Å². The Morgan fingerprint density at radius 1 is 1.29 bits per heavy atom. The number of nitrogens with zero attached hydrogens (tertiary/aromatic N) is 1. The summed E-state index contributed by atoms with van der Waals surface area (Å²) in [6, 6.07) is 4.36. The first kappa shape index (κ1) is 12.0. The van der Waals surface area contributed by atoms with Gasteiger partial charge in [-0.15, -0.1) is 0 Å². The number of hydrogen-bond donors (Lipinski definition) is 0. The lowest BCUT2D eigenvalue weighted by Gasteiger charge is -2.12. The lowest BCUT2D eigenvalue weighted by atomic mass is 10.1. The number of benzene rings is 1. The van der Waals surface area contributed by atoms with Gasteiger partial charge in [0.1, 0.15) is 10.9 Å². The molecule has 1 aromatic carbocycles. The minimum absolute atomic E-state index is 0.00884. The van der Waals surface area contributed by atoms with E-state index in [9.17, 15) is 13.2 Å². The summed E-state index contributed by atoms with van der Waals surface area (Å²) < 4.78 is 43.3. The monoisotopic (exact) mass is 261 g/mol. The third-order valence-electron chi connectivity index (χ3n) is 2.36. The van der Waals surface area contributed by atoms with Crippen molar-refractivity contribution in [3.05, 3.63) is 35.1 Å². The zero-order valence-corrected chi connectivity index (χ0v) is 9.43. The van der Waals surface area contributed by atoms with Gasteiger partial charge in [-0.2, -0.15) is 13.2 Å². The standard InChI is InChI=1S/C11H7ClF3NO/c1-17-8-4-2-3-6-7(11(13,14)15)5-16-10(12)9(6)8/h2-5H,1H3. The van der Waals surface area contributed by atoms with E-state index in [4.69, 9.17) is 16.3 Å². The molecule has 0 bridgehead atoms. The molecule has 6 heteroatoms. The van der Waals surface area contributed by atoms with Crippen molar-refractivity contribution in [1.82, 2.24) is 4.98 Å². The van der Waals surface area contributed by atoms with Gasteiger partial charge in [0.25, 0.3) is 0 Å². The second-order valence-electron chi connectivity index (χ2n) is 3.34. The minimum Gasteiger partial charge on any atom is -0.496 e. The Morgan fingerprint density at radius 3 is 2.59 bits per heavy atom. The zero-order chi connectivity index (χ0) is 12.6. The van der Waals surface area contributed by atoms with Crippen molar-refractivity contribution in [3.8, 4) is 5.75 Å². The molecule has 0 atom stereocenters. The molecule has 2 nitrogen and oxygen atoms in total. The molecule has 2 rings (SSSR count). The molecule has 0 saturated carbocycles.